The Morgan fingerprint density at radius 2 is 1.53 bits per heavy atom. The van der Waals surface area contributed by atoms with Crippen LogP contribution in [-0.4, -0.2) is 63.1 Å². The molecule has 0 bridgehead atoms. The molecule has 1 unspecified atom stereocenters. The van der Waals surface area contributed by atoms with Gasteiger partial charge < -0.3 is 30.2 Å². The fourth-order valence-corrected chi connectivity index (χ4v) is 7.03. The van der Waals surface area contributed by atoms with Gasteiger partial charge in [-0.1, -0.05) is 74.5 Å². The number of fused-ring (bicyclic) bond motifs is 1. The predicted molar refractivity (Wildman–Crippen MR) is 182 cm³/mol. The van der Waals surface area contributed by atoms with Crippen molar-refractivity contribution in [3.63, 3.8) is 0 Å². The van der Waals surface area contributed by atoms with E-state index >= 15 is 0 Å². The summed E-state index contributed by atoms with van der Waals surface area (Å²) in [5.74, 6) is 1.56. The van der Waals surface area contributed by atoms with Crippen LogP contribution in [0.5, 0.6) is 0 Å². The molecule has 2 aliphatic heterocycles. The second-order valence-corrected chi connectivity index (χ2v) is 12.8. The predicted octanol–water partition coefficient (Wildman–Crippen LogP) is 6.76. The number of imidazole rings is 2. The van der Waals surface area contributed by atoms with Gasteiger partial charge >= 0.3 is 6.09 Å². The number of H-pyrrole nitrogens is 2. The fourth-order valence-electron chi connectivity index (χ4n) is 7.03. The first-order valence-electron chi connectivity index (χ1n) is 16.5. The third kappa shape index (κ3) is 6.01. The summed E-state index contributed by atoms with van der Waals surface area (Å²) >= 11 is 0. The summed E-state index contributed by atoms with van der Waals surface area (Å²) in [5.41, 5.74) is 6.38. The van der Waals surface area contributed by atoms with Crippen molar-refractivity contribution in [3.8, 4) is 33.6 Å². The lowest BCUT2D eigenvalue weighted by Crippen LogP contribution is -2.51. The van der Waals surface area contributed by atoms with E-state index in [4.69, 9.17) is 14.7 Å². The summed E-state index contributed by atoms with van der Waals surface area (Å²) in [5, 5.41) is 8.60. The highest BCUT2D eigenvalue weighted by Gasteiger charge is 2.37. The lowest BCUT2D eigenvalue weighted by Gasteiger charge is -2.30. The highest BCUT2D eigenvalue weighted by Crippen LogP contribution is 2.37. The summed E-state index contributed by atoms with van der Waals surface area (Å²) in [6, 6.07) is 20.9. The number of aromatic nitrogens is 4. The third-order valence-corrected chi connectivity index (χ3v) is 9.55. The van der Waals surface area contributed by atoms with Crippen LogP contribution in [0.1, 0.15) is 63.3 Å². The fraction of sp³-hybridized carbons (Fsp3) is 0.351. The summed E-state index contributed by atoms with van der Waals surface area (Å²) in [6.45, 7) is 5.49. The lowest BCUT2D eigenvalue weighted by molar-refractivity contribution is -0.135. The highest BCUT2D eigenvalue weighted by atomic mass is 16.5. The van der Waals surface area contributed by atoms with E-state index in [2.05, 4.69) is 81.3 Å². The first-order valence-corrected chi connectivity index (χ1v) is 16.5. The molecule has 4 N–H and O–H groups in total. The number of hydrogen-bond donors (Lipinski definition) is 4. The molecular weight excluding hydrogens is 590 g/mol. The number of carbonyl (C=O) groups excluding carboxylic acids is 2. The minimum Gasteiger partial charge on any atom is -0.453 e. The maximum absolute atomic E-state index is 13.5. The number of hydrogen-bond acceptors (Lipinski definition) is 6. The molecule has 2 amide bonds. The maximum atomic E-state index is 13.5. The van der Waals surface area contributed by atoms with E-state index in [9.17, 15) is 9.59 Å². The van der Waals surface area contributed by atoms with E-state index < -0.39 is 12.1 Å². The summed E-state index contributed by atoms with van der Waals surface area (Å²) in [6.07, 6.45) is 7.14. The molecule has 5 aromatic rings. The van der Waals surface area contributed by atoms with E-state index in [1.54, 1.807) is 0 Å². The van der Waals surface area contributed by atoms with E-state index in [-0.39, 0.29) is 17.9 Å². The number of methoxy groups -OCH3 is 1. The monoisotopic (exact) mass is 631 g/mol. The Hall–Kier alpha value is -4.96. The van der Waals surface area contributed by atoms with Crippen LogP contribution >= 0.6 is 0 Å². The van der Waals surface area contributed by atoms with Crippen LogP contribution in [0.2, 0.25) is 0 Å². The quantitative estimate of drug-likeness (QED) is 0.150. The molecule has 10 heteroatoms. The molecule has 2 aliphatic rings. The third-order valence-electron chi connectivity index (χ3n) is 9.55. The minimum atomic E-state index is -0.665. The Labute approximate surface area is 274 Å². The molecule has 10 nitrogen and oxygen atoms in total. The Morgan fingerprint density at radius 1 is 0.851 bits per heavy atom. The van der Waals surface area contributed by atoms with Crippen LogP contribution in [0.4, 0.5) is 4.79 Å². The molecule has 0 spiro atoms. The van der Waals surface area contributed by atoms with E-state index in [0.717, 1.165) is 65.5 Å². The van der Waals surface area contributed by atoms with Crippen molar-refractivity contribution in [2.24, 2.45) is 5.92 Å². The smallest absolute Gasteiger partial charge is 0.407 e. The molecule has 4 heterocycles. The summed E-state index contributed by atoms with van der Waals surface area (Å²) in [7, 11) is 1.30. The first kappa shape index (κ1) is 30.7. The van der Waals surface area contributed by atoms with Gasteiger partial charge in [0.15, 0.2) is 0 Å². The molecule has 3 aromatic carbocycles. The second kappa shape index (κ2) is 13.0. The molecule has 3 atom stereocenters. The van der Waals surface area contributed by atoms with Crippen LogP contribution in [0.25, 0.3) is 44.4 Å². The molecule has 2 saturated heterocycles. The molecule has 242 valence electrons. The second-order valence-electron chi connectivity index (χ2n) is 12.8. The zero-order valence-corrected chi connectivity index (χ0v) is 27.0. The van der Waals surface area contributed by atoms with Crippen LogP contribution in [0, 0.1) is 5.92 Å². The number of benzene rings is 3. The molecule has 0 saturated carbocycles. The maximum Gasteiger partial charge on any atom is 0.407 e. The van der Waals surface area contributed by atoms with Crippen LogP contribution in [0.15, 0.2) is 73.1 Å². The Morgan fingerprint density at radius 3 is 2.26 bits per heavy atom. The van der Waals surface area contributed by atoms with Crippen LogP contribution in [0.3, 0.4) is 0 Å². The van der Waals surface area contributed by atoms with Crippen molar-refractivity contribution in [3.05, 3.63) is 84.7 Å². The van der Waals surface area contributed by atoms with Gasteiger partial charge in [-0.25, -0.2) is 14.8 Å². The van der Waals surface area contributed by atoms with Crippen LogP contribution in [-0.2, 0) is 9.53 Å². The van der Waals surface area contributed by atoms with E-state index in [1.165, 1.54) is 29.9 Å². The lowest BCUT2D eigenvalue weighted by atomic mass is 9.93. The number of carbonyl (C=O) groups is 2. The molecule has 0 aliphatic carbocycles. The molecule has 47 heavy (non-hydrogen) atoms. The Kier molecular flexibility index (Phi) is 8.51. The first-order chi connectivity index (χ1) is 22.9. The number of alkyl carbamates (subject to hydrolysis) is 1. The van der Waals surface area contributed by atoms with Crippen molar-refractivity contribution in [2.45, 2.75) is 57.7 Å². The largest absolute Gasteiger partial charge is 0.453 e. The van der Waals surface area contributed by atoms with Gasteiger partial charge in [0.1, 0.15) is 17.7 Å². The number of rotatable bonds is 8. The molecule has 2 fully saturated rings. The number of aromatic amines is 2. The zero-order chi connectivity index (χ0) is 32.5. The number of nitrogens with zero attached hydrogens (tertiary/aromatic N) is 3. The van der Waals surface area contributed by atoms with Gasteiger partial charge in [0.05, 0.1) is 43.0 Å². The van der Waals surface area contributed by atoms with Crippen molar-refractivity contribution >= 4 is 22.8 Å². The number of nitrogens with one attached hydrogen (secondary N) is 4. The highest BCUT2D eigenvalue weighted by molar-refractivity contribution is 6.04. The van der Waals surface area contributed by atoms with Crippen molar-refractivity contribution in [1.29, 1.82) is 0 Å². The number of ether oxygens (including phenoxy) is 1. The van der Waals surface area contributed by atoms with Crippen molar-refractivity contribution in [1.82, 2.24) is 35.5 Å². The van der Waals surface area contributed by atoms with Gasteiger partial charge in [0.25, 0.3) is 0 Å². The molecule has 0 radical (unpaired) electrons. The van der Waals surface area contributed by atoms with Crippen LogP contribution < -0.4 is 10.6 Å². The van der Waals surface area contributed by atoms with Gasteiger partial charge in [-0.2, -0.15) is 0 Å². The minimum absolute atomic E-state index is 0.0840. The van der Waals surface area contributed by atoms with Gasteiger partial charge in [-0.05, 0) is 65.6 Å². The number of amides is 2. The summed E-state index contributed by atoms with van der Waals surface area (Å²) < 4.78 is 4.76. The van der Waals surface area contributed by atoms with E-state index in [1.807, 2.05) is 31.1 Å². The number of likely N-dealkylation sites (tertiary alicyclic amines) is 1. The van der Waals surface area contributed by atoms with E-state index in [0.29, 0.717) is 12.6 Å². The van der Waals surface area contributed by atoms with Gasteiger partial charge in [0.2, 0.25) is 5.91 Å². The van der Waals surface area contributed by atoms with Crippen molar-refractivity contribution < 1.29 is 14.3 Å². The molecular formula is C37H41N7O3. The van der Waals surface area contributed by atoms with Crippen molar-refractivity contribution in [2.75, 3.05) is 20.2 Å². The standard InChI is InChI=1S/C37H41N7O3/c1-22(2)33(43-37(46)47-3)36(45)44-19-7-11-32(44)35-40-20-30(41-35)24-14-12-23(13-15-24)25-16-17-28(27-9-5-4-8-26(25)27)31-21-39-34(42-31)29-10-6-18-38-29/h4-5,8-9,12-17,20-22,29,32-33,38H,6-7,10-11,18-19H2,1-3H3,(H,39,42)(H,40,41)(H,43,46)/t29-,32-,33?/m0/s1. The summed E-state index contributed by atoms with van der Waals surface area (Å²) in [4.78, 5) is 43.7. The SMILES string of the molecule is COC(=O)NC(C(=O)N1CCC[C@H]1c1ncc(-c2ccc(-c3ccc(-c4cnc([C@@H]5CCCN5)[nH]4)c4ccccc34)cc2)[nH]1)C(C)C. The Balaban J connectivity index is 1.11. The zero-order valence-electron chi connectivity index (χ0n) is 27.0. The van der Waals surface area contributed by atoms with Gasteiger partial charge in [-0.3, -0.25) is 4.79 Å². The average Bonchev–Trinajstić information content (AvgIpc) is 3.93. The van der Waals surface area contributed by atoms with Gasteiger partial charge in [0, 0.05) is 12.1 Å². The normalized spacial score (nSPS) is 18.6. The topological polar surface area (TPSA) is 128 Å². The Bertz CT molecular complexity index is 1890. The molecule has 7 rings (SSSR count). The van der Waals surface area contributed by atoms with Gasteiger partial charge in [-0.15, -0.1) is 0 Å². The molecule has 2 aromatic heterocycles. The average molecular weight is 632 g/mol.